The summed E-state index contributed by atoms with van der Waals surface area (Å²) in [6.45, 7) is 19.5. The van der Waals surface area contributed by atoms with Gasteiger partial charge in [-0.25, -0.2) is 4.79 Å². The topological polar surface area (TPSA) is 119 Å². The van der Waals surface area contributed by atoms with Crippen LogP contribution in [0.4, 0.5) is 4.79 Å². The number of ether oxygens (including phenoxy) is 7. The highest BCUT2D eigenvalue weighted by atomic mass is 16.7. The molecule has 7 aromatic carbocycles. The fraction of sp³-hybridized carbons (Fsp3) is 0.380. The van der Waals surface area contributed by atoms with Crippen LogP contribution in [0.5, 0.6) is 40.2 Å². The van der Waals surface area contributed by atoms with Gasteiger partial charge in [-0.1, -0.05) is 160 Å². The van der Waals surface area contributed by atoms with Crippen molar-refractivity contribution in [1.29, 1.82) is 0 Å². The zero-order valence-electron chi connectivity index (χ0n) is 50.2. The van der Waals surface area contributed by atoms with Crippen molar-refractivity contribution in [1.82, 2.24) is 0 Å². The molecule has 0 spiro atoms. The van der Waals surface area contributed by atoms with Crippen molar-refractivity contribution in [3.05, 3.63) is 209 Å². The Kier molecular flexibility index (Phi) is 21.8. The Hall–Kier alpha value is -7.56. The van der Waals surface area contributed by atoms with E-state index in [1.54, 1.807) is 28.4 Å². The second-order valence-corrected chi connectivity index (χ2v) is 23.6. The number of hydrogen-bond donors (Lipinski definition) is 1. The van der Waals surface area contributed by atoms with Crippen molar-refractivity contribution >= 4 is 12.1 Å². The quantitative estimate of drug-likeness (QED) is 0.0505. The zero-order valence-corrected chi connectivity index (χ0v) is 50.2. The molecule has 0 saturated heterocycles. The molecular weight excluding hydrogens is 1010 g/mol. The molecule has 10 nitrogen and oxygen atoms in total. The molecule has 1 N–H and O–H groups in total. The molecule has 0 aromatic heterocycles. The van der Waals surface area contributed by atoms with Gasteiger partial charge in [0.15, 0.2) is 0 Å². The summed E-state index contributed by atoms with van der Waals surface area (Å²) in [5.41, 5.74) is 8.44. The lowest BCUT2D eigenvalue weighted by Crippen LogP contribution is -2.30. The normalized spacial score (nSPS) is 13.2. The summed E-state index contributed by atoms with van der Waals surface area (Å²) < 4.78 is 37.1. The molecule has 7 aromatic rings. The maximum Gasteiger partial charge on any atom is 0.519 e. The Morgan fingerprint density at radius 3 is 1.09 bits per heavy atom. The summed E-state index contributed by atoms with van der Waals surface area (Å²) in [5, 5.41) is 9.25. The highest BCUT2D eigenvalue weighted by Gasteiger charge is 2.36. The average Bonchev–Trinajstić information content (AvgIpc) is 3.56. The van der Waals surface area contributed by atoms with Crippen LogP contribution in [-0.4, -0.2) is 52.3 Å². The monoisotopic (exact) mass is 1100 g/mol. The highest BCUT2D eigenvalue weighted by Crippen LogP contribution is 2.46. The number of aliphatic hydroxyl groups excluding tert-OH is 1. The van der Waals surface area contributed by atoms with E-state index in [0.717, 1.165) is 67.9 Å². The molecule has 81 heavy (non-hydrogen) atoms. The summed E-state index contributed by atoms with van der Waals surface area (Å²) >= 11 is 0. The highest BCUT2D eigenvalue weighted by molar-refractivity contribution is 5.69. The molecule has 1 fully saturated rings. The molecule has 430 valence electrons. The van der Waals surface area contributed by atoms with Gasteiger partial charge < -0.3 is 38.3 Å². The second kappa shape index (κ2) is 28.2. The molecule has 0 heterocycles. The molecule has 0 atom stereocenters. The lowest BCUT2D eigenvalue weighted by Gasteiger charge is -2.38. The molecule has 0 unspecified atom stereocenters. The van der Waals surface area contributed by atoms with Gasteiger partial charge in [-0.05, 0) is 167 Å². The van der Waals surface area contributed by atoms with Gasteiger partial charge in [0, 0.05) is 29.8 Å². The summed E-state index contributed by atoms with van der Waals surface area (Å²) in [4.78, 5) is 23.9. The SMILES string of the molecule is CC(=O)Oc1ccc(C2(c3ccc(OC(=O)Oc4ccc(C(C)(C)CC(C)(C)C)cc4)cc3)CCCCC2)cc1.COc1ccc(C(C)(C)c2ccc(OC)cc2)cc1.COc1ccc(C(C)(CCCO)c2ccc(OC)cc2)cc1. The van der Waals surface area contributed by atoms with Crippen LogP contribution in [-0.2, 0) is 26.5 Å². The van der Waals surface area contributed by atoms with Crippen LogP contribution in [0.1, 0.15) is 153 Å². The molecule has 0 amide bonds. The number of methoxy groups -OCH3 is 4. The summed E-state index contributed by atoms with van der Waals surface area (Å²) in [6.07, 6.45) is 7.48. The molecule has 0 radical (unpaired) electrons. The minimum absolute atomic E-state index is 0.0130. The van der Waals surface area contributed by atoms with Gasteiger partial charge in [-0.3, -0.25) is 4.79 Å². The fourth-order valence-electron chi connectivity index (χ4n) is 11.4. The minimum atomic E-state index is -0.761. The Bertz CT molecular complexity index is 2920. The first-order chi connectivity index (χ1) is 38.6. The molecule has 10 heteroatoms. The first-order valence-electron chi connectivity index (χ1n) is 28.2. The maximum atomic E-state index is 12.6. The van der Waals surface area contributed by atoms with E-state index >= 15 is 0 Å². The van der Waals surface area contributed by atoms with Crippen molar-refractivity contribution in [3.63, 3.8) is 0 Å². The van der Waals surface area contributed by atoms with Crippen LogP contribution in [0.15, 0.2) is 170 Å². The van der Waals surface area contributed by atoms with Crippen molar-refractivity contribution in [2.75, 3.05) is 35.0 Å². The smallest absolute Gasteiger partial charge is 0.497 e. The fourth-order valence-corrected chi connectivity index (χ4v) is 11.4. The van der Waals surface area contributed by atoms with E-state index in [-0.39, 0.29) is 39.7 Å². The third-order valence-corrected chi connectivity index (χ3v) is 15.7. The van der Waals surface area contributed by atoms with E-state index in [1.165, 1.54) is 52.3 Å². The third kappa shape index (κ3) is 17.0. The van der Waals surface area contributed by atoms with Crippen molar-refractivity contribution in [2.45, 2.75) is 135 Å². The van der Waals surface area contributed by atoms with Crippen molar-refractivity contribution < 1.29 is 47.9 Å². The second-order valence-electron chi connectivity index (χ2n) is 23.6. The van der Waals surface area contributed by atoms with Gasteiger partial charge in [0.1, 0.15) is 40.2 Å². The van der Waals surface area contributed by atoms with Gasteiger partial charge >= 0.3 is 12.1 Å². The predicted octanol–water partition coefficient (Wildman–Crippen LogP) is 17.0. The first kappa shape index (κ1) is 62.6. The standard InChI is InChI=1S/C35H42O5.C19H24O3.C17H20O2/c1-25(36)38-29-18-12-27(13-19-29)35(22-8-7-9-23-35)28-14-20-31(21-15-28)40-32(37)39-30-16-10-26(11-17-30)34(5,6)24-33(2,3)4;1-19(13-4-14-20,15-5-9-17(21-2)10-6-15)16-7-11-18(22-3)12-8-16;1-17(2,13-5-9-15(18-3)10-6-13)14-7-11-16(19-4)12-8-14/h10-21H,7-9,22-24H2,1-6H3;5-12,20H,4,13-14H2,1-3H3;5-12H,1-4H3. The summed E-state index contributed by atoms with van der Waals surface area (Å²) in [7, 11) is 6.71. The van der Waals surface area contributed by atoms with Crippen LogP contribution in [0.2, 0.25) is 0 Å². The van der Waals surface area contributed by atoms with Crippen molar-refractivity contribution in [2.24, 2.45) is 5.41 Å². The summed E-state index contributed by atoms with van der Waals surface area (Å²) in [5.74, 6) is 4.58. The molecule has 1 saturated carbocycles. The number of aliphatic hydroxyl groups is 1. The van der Waals surface area contributed by atoms with Crippen LogP contribution in [0.3, 0.4) is 0 Å². The Morgan fingerprint density at radius 2 is 0.753 bits per heavy atom. The number of hydrogen-bond acceptors (Lipinski definition) is 10. The zero-order chi connectivity index (χ0) is 58.9. The molecule has 0 bridgehead atoms. The van der Waals surface area contributed by atoms with Crippen LogP contribution < -0.4 is 33.2 Å². The van der Waals surface area contributed by atoms with Crippen LogP contribution in [0.25, 0.3) is 0 Å². The molecule has 8 rings (SSSR count). The first-order valence-corrected chi connectivity index (χ1v) is 28.2. The summed E-state index contributed by atoms with van der Waals surface area (Å²) in [6, 6.07) is 56.0. The van der Waals surface area contributed by atoms with E-state index in [9.17, 15) is 14.7 Å². The van der Waals surface area contributed by atoms with Gasteiger partial charge in [-0.15, -0.1) is 0 Å². The predicted molar refractivity (Wildman–Crippen MR) is 325 cm³/mol. The lowest BCUT2D eigenvalue weighted by atomic mass is 9.65. The van der Waals surface area contributed by atoms with Gasteiger partial charge in [0.25, 0.3) is 0 Å². The maximum absolute atomic E-state index is 12.6. The van der Waals surface area contributed by atoms with Gasteiger partial charge in [0.05, 0.1) is 28.4 Å². The number of rotatable bonds is 18. The van der Waals surface area contributed by atoms with Gasteiger partial charge in [0.2, 0.25) is 0 Å². The Morgan fingerprint density at radius 1 is 0.432 bits per heavy atom. The van der Waals surface area contributed by atoms with Crippen LogP contribution in [0, 0.1) is 5.41 Å². The van der Waals surface area contributed by atoms with E-state index in [2.05, 4.69) is 116 Å². The Labute approximate surface area is 482 Å². The van der Waals surface area contributed by atoms with E-state index in [4.69, 9.17) is 33.2 Å². The largest absolute Gasteiger partial charge is 0.519 e. The minimum Gasteiger partial charge on any atom is -0.497 e. The Balaban J connectivity index is 0.000000216. The van der Waals surface area contributed by atoms with Crippen molar-refractivity contribution in [3.8, 4) is 40.2 Å². The molecule has 1 aliphatic rings. The molecule has 0 aliphatic heterocycles. The lowest BCUT2D eigenvalue weighted by molar-refractivity contribution is -0.131. The third-order valence-electron chi connectivity index (χ3n) is 15.7. The average molecular weight is 1100 g/mol. The van der Waals surface area contributed by atoms with E-state index < -0.39 is 6.16 Å². The number of esters is 1. The van der Waals surface area contributed by atoms with E-state index in [0.29, 0.717) is 17.2 Å². The van der Waals surface area contributed by atoms with E-state index in [1.807, 2.05) is 109 Å². The number of benzene rings is 7. The number of carbonyl (C=O) groups is 2. The molecular formula is C71H86O10. The van der Waals surface area contributed by atoms with Gasteiger partial charge in [-0.2, -0.15) is 0 Å². The molecule has 1 aliphatic carbocycles. The number of carbonyl (C=O) groups excluding carboxylic acids is 2. The van der Waals surface area contributed by atoms with Crippen LogP contribution >= 0.6 is 0 Å².